The van der Waals surface area contributed by atoms with E-state index >= 15 is 0 Å². The van der Waals surface area contributed by atoms with Crippen LogP contribution in [0.1, 0.15) is 117 Å². The molecule has 0 saturated carbocycles. The number of likely N-dealkylation sites (N-methyl/N-ethyl adjacent to an activating group) is 1. The summed E-state index contributed by atoms with van der Waals surface area (Å²) in [5, 5.41) is 3.06. The molecule has 0 spiro atoms. The molecule has 0 aliphatic rings. The van der Waals surface area contributed by atoms with E-state index in [1.54, 1.807) is 0 Å². The standard InChI is InChI=1S/C40H88N2O8Si4/c1-14-15-16-17-18-19-20-21-22-23-24-25-26-29-39(43)41-30-27-31-42(3,4)36-40(44)47-38(2)37-46-34-33-45-32-28-35-54(13,49-52(8,9)10)50-53(11,12)48-51(5,6)7/h38H,14-37H2,1-13H3/p+1. The molecule has 322 valence electrons. The zero-order valence-corrected chi connectivity index (χ0v) is 41.8. The number of hydrogen-bond acceptors (Lipinski definition) is 8. The van der Waals surface area contributed by atoms with Crippen molar-refractivity contribution in [3.8, 4) is 0 Å². The lowest BCUT2D eigenvalue weighted by Crippen LogP contribution is -2.56. The number of carbonyl (C=O) groups excluding carboxylic acids is 2. The Kier molecular flexibility index (Phi) is 28.7. The molecule has 0 aliphatic carbocycles. The molecular weight excluding hydrogens is 749 g/mol. The zero-order chi connectivity index (χ0) is 41.2. The van der Waals surface area contributed by atoms with Gasteiger partial charge in [-0.05, 0) is 84.7 Å². The van der Waals surface area contributed by atoms with Crippen molar-refractivity contribution < 1.29 is 40.6 Å². The van der Waals surface area contributed by atoms with E-state index in [0.717, 1.165) is 38.3 Å². The van der Waals surface area contributed by atoms with Gasteiger partial charge in [0.2, 0.25) is 5.91 Å². The predicted octanol–water partition coefficient (Wildman–Crippen LogP) is 9.90. The quantitative estimate of drug-likeness (QED) is 0.0288. The summed E-state index contributed by atoms with van der Waals surface area (Å²) in [6, 6.07) is 0.861. The third-order valence-corrected chi connectivity index (χ3v) is 22.4. The first kappa shape index (κ1) is 53.6. The second-order valence-corrected chi connectivity index (χ2v) is 35.1. The van der Waals surface area contributed by atoms with Gasteiger partial charge in [0.15, 0.2) is 23.2 Å². The van der Waals surface area contributed by atoms with Crippen molar-refractivity contribution in [2.75, 3.05) is 60.2 Å². The molecule has 0 saturated heterocycles. The maximum atomic E-state index is 12.6. The molecule has 14 heteroatoms. The Morgan fingerprint density at radius 2 is 1.15 bits per heavy atom. The molecule has 1 N–H and O–H groups in total. The number of rotatable bonds is 36. The van der Waals surface area contributed by atoms with Gasteiger partial charge in [0, 0.05) is 26.0 Å². The van der Waals surface area contributed by atoms with Gasteiger partial charge in [-0.15, -0.1) is 0 Å². The van der Waals surface area contributed by atoms with Gasteiger partial charge in [-0.3, -0.25) is 4.79 Å². The zero-order valence-electron chi connectivity index (χ0n) is 37.8. The van der Waals surface area contributed by atoms with Crippen LogP contribution in [0.2, 0.25) is 65.0 Å². The fourth-order valence-corrected chi connectivity index (χ4v) is 24.8. The minimum Gasteiger partial charge on any atom is -0.456 e. The van der Waals surface area contributed by atoms with E-state index in [2.05, 4.69) is 71.2 Å². The molecule has 0 rings (SSSR count). The van der Waals surface area contributed by atoms with Crippen molar-refractivity contribution in [2.45, 2.75) is 188 Å². The first-order chi connectivity index (χ1) is 25.1. The van der Waals surface area contributed by atoms with Crippen molar-refractivity contribution in [1.29, 1.82) is 0 Å². The molecule has 0 bridgehead atoms. The molecule has 0 aromatic heterocycles. The fraction of sp³-hybridized carbons (Fsp3) is 0.950. The van der Waals surface area contributed by atoms with Gasteiger partial charge in [0.1, 0.15) is 6.10 Å². The second kappa shape index (κ2) is 28.9. The average Bonchev–Trinajstić information content (AvgIpc) is 3.00. The minimum atomic E-state index is -2.43. The lowest BCUT2D eigenvalue weighted by molar-refractivity contribution is -0.883. The summed E-state index contributed by atoms with van der Waals surface area (Å²) in [5.74, 6) is -0.104. The highest BCUT2D eigenvalue weighted by atomic mass is 28.5. The topological polar surface area (TPSA) is 102 Å². The van der Waals surface area contributed by atoms with Gasteiger partial charge in [0.25, 0.3) is 0 Å². The number of carbonyl (C=O) groups is 2. The maximum absolute atomic E-state index is 12.6. The second-order valence-electron chi connectivity index (χ2n) is 18.7. The molecule has 54 heavy (non-hydrogen) atoms. The lowest BCUT2D eigenvalue weighted by Gasteiger charge is -2.41. The molecule has 2 atom stereocenters. The Balaban J connectivity index is 4.05. The summed E-state index contributed by atoms with van der Waals surface area (Å²) < 4.78 is 37.6. The van der Waals surface area contributed by atoms with Crippen LogP contribution in [-0.4, -0.2) is 116 Å². The first-order valence-electron chi connectivity index (χ1n) is 21.6. The number of unbranched alkanes of at least 4 members (excludes halogenated alkanes) is 12. The van der Waals surface area contributed by atoms with Crippen molar-refractivity contribution in [3.63, 3.8) is 0 Å². The Labute approximate surface area is 338 Å². The van der Waals surface area contributed by atoms with Crippen LogP contribution in [0.25, 0.3) is 0 Å². The molecule has 0 heterocycles. The summed E-state index contributed by atoms with van der Waals surface area (Å²) in [5.41, 5.74) is 0. The molecule has 2 unspecified atom stereocenters. The molecule has 1 amide bonds. The van der Waals surface area contributed by atoms with Gasteiger partial charge < -0.3 is 36.4 Å². The van der Waals surface area contributed by atoms with E-state index in [-0.39, 0.29) is 24.5 Å². The number of nitrogens with one attached hydrogen (secondary N) is 1. The largest absolute Gasteiger partial charge is 0.456 e. The molecule has 0 fully saturated rings. The molecule has 10 nitrogen and oxygen atoms in total. The number of esters is 1. The van der Waals surface area contributed by atoms with Crippen molar-refractivity contribution in [1.82, 2.24) is 5.32 Å². The third kappa shape index (κ3) is 34.8. The molecule has 0 aromatic carbocycles. The van der Waals surface area contributed by atoms with E-state index in [0.29, 0.717) is 43.9 Å². The normalized spacial score (nSPS) is 14.5. The van der Waals surface area contributed by atoms with Crippen molar-refractivity contribution >= 4 is 45.6 Å². The van der Waals surface area contributed by atoms with Gasteiger partial charge in [0.05, 0.1) is 40.5 Å². The van der Waals surface area contributed by atoms with E-state index in [4.69, 9.17) is 26.6 Å². The average molecular weight is 839 g/mol. The van der Waals surface area contributed by atoms with Gasteiger partial charge in [-0.2, -0.15) is 0 Å². The minimum absolute atomic E-state index is 0.137. The summed E-state index contributed by atoms with van der Waals surface area (Å²) in [6.07, 6.45) is 18.9. The third-order valence-electron chi connectivity index (χ3n) is 8.84. The Morgan fingerprint density at radius 1 is 0.630 bits per heavy atom. The fourth-order valence-electron chi connectivity index (χ4n) is 6.86. The summed E-state index contributed by atoms with van der Waals surface area (Å²) in [7, 11) is -4.21. The SMILES string of the molecule is CCCCCCCCCCCCCCCC(=O)NCCC[N+](C)(C)CC(=O)OC(C)COCCOCCC[Si](C)(O[Si](C)(C)C)O[Si](C)(C)O[Si](C)(C)C. The van der Waals surface area contributed by atoms with E-state index in [9.17, 15) is 9.59 Å². The number of amides is 1. The van der Waals surface area contributed by atoms with Crippen LogP contribution in [0.3, 0.4) is 0 Å². The summed E-state index contributed by atoms with van der Waals surface area (Å²) in [4.78, 5) is 24.9. The Morgan fingerprint density at radius 3 is 1.69 bits per heavy atom. The number of nitrogens with zero attached hydrogens (tertiary/aromatic N) is 1. The monoisotopic (exact) mass is 838 g/mol. The number of quaternary nitrogens is 1. The van der Waals surface area contributed by atoms with Gasteiger partial charge in [-0.25, -0.2) is 4.79 Å². The number of hydrogen-bond donors (Lipinski definition) is 1. The summed E-state index contributed by atoms with van der Waals surface area (Å²) >= 11 is 0. The van der Waals surface area contributed by atoms with Crippen LogP contribution in [0, 0.1) is 0 Å². The highest BCUT2D eigenvalue weighted by molar-refractivity contribution is 6.89. The molecule has 0 aliphatic heterocycles. The highest BCUT2D eigenvalue weighted by Gasteiger charge is 2.44. The predicted molar refractivity (Wildman–Crippen MR) is 235 cm³/mol. The van der Waals surface area contributed by atoms with Crippen LogP contribution < -0.4 is 5.32 Å². The van der Waals surface area contributed by atoms with E-state index in [1.165, 1.54) is 70.6 Å². The first-order valence-corrected chi connectivity index (χ1v) is 33.8. The van der Waals surface area contributed by atoms with Crippen molar-refractivity contribution in [2.24, 2.45) is 0 Å². The Hall–Kier alpha value is -0.432. The molecule has 0 radical (unpaired) electrons. The summed E-state index contributed by atoms with van der Waals surface area (Å²) in [6.45, 7) is 27.4. The van der Waals surface area contributed by atoms with E-state index < -0.39 is 33.8 Å². The lowest BCUT2D eigenvalue weighted by atomic mass is 10.0. The smallest absolute Gasteiger partial charge is 0.362 e. The highest BCUT2D eigenvalue weighted by Crippen LogP contribution is 2.27. The van der Waals surface area contributed by atoms with Crippen LogP contribution in [0.4, 0.5) is 0 Å². The molecular formula is C40H89N2O8Si4+. The van der Waals surface area contributed by atoms with Gasteiger partial charge in [-0.1, -0.05) is 84.0 Å². The molecule has 0 aromatic rings. The van der Waals surface area contributed by atoms with Gasteiger partial charge >= 0.3 is 23.1 Å². The van der Waals surface area contributed by atoms with Crippen LogP contribution in [-0.2, 0) is 36.1 Å². The van der Waals surface area contributed by atoms with Crippen LogP contribution in [0.15, 0.2) is 0 Å². The van der Waals surface area contributed by atoms with E-state index in [1.807, 2.05) is 21.0 Å². The van der Waals surface area contributed by atoms with Crippen molar-refractivity contribution in [3.05, 3.63) is 0 Å². The Bertz CT molecular complexity index is 979. The van der Waals surface area contributed by atoms with Crippen LogP contribution >= 0.6 is 0 Å². The maximum Gasteiger partial charge on any atom is 0.362 e. The number of ether oxygens (including phenoxy) is 3. The van der Waals surface area contributed by atoms with Crippen LogP contribution in [0.5, 0.6) is 0 Å².